The summed E-state index contributed by atoms with van der Waals surface area (Å²) < 4.78 is 4.92. The molecular weight excluding hydrogens is 337 g/mol. The summed E-state index contributed by atoms with van der Waals surface area (Å²) in [5.41, 5.74) is 1.90. The van der Waals surface area contributed by atoms with Crippen LogP contribution in [0, 0.1) is 0 Å². The quantitative estimate of drug-likeness (QED) is 0.741. The highest BCUT2D eigenvalue weighted by Gasteiger charge is 2.06. The van der Waals surface area contributed by atoms with Gasteiger partial charge < -0.3 is 15.4 Å². The van der Waals surface area contributed by atoms with Crippen molar-refractivity contribution in [2.24, 2.45) is 0 Å². The van der Waals surface area contributed by atoms with Gasteiger partial charge in [-0.25, -0.2) is 4.98 Å². The Bertz CT molecular complexity index is 663. The standard InChI is InChI=1S/C16H17Cl2N3O2/c1-23-8-2-7-19-16(22)15-6-4-12(10-20-15)21-11-3-5-13(17)14(18)9-11/h3-6,9-10,21H,2,7-8H2,1H3,(H,19,22). The Balaban J connectivity index is 1.93. The predicted molar refractivity (Wildman–Crippen MR) is 92.8 cm³/mol. The summed E-state index contributed by atoms with van der Waals surface area (Å²) in [5.74, 6) is -0.206. The number of methoxy groups -OCH3 is 1. The second-order valence-corrected chi connectivity index (χ2v) is 5.60. The highest BCUT2D eigenvalue weighted by atomic mass is 35.5. The first-order valence-electron chi connectivity index (χ1n) is 7.05. The summed E-state index contributed by atoms with van der Waals surface area (Å²) >= 11 is 11.8. The van der Waals surface area contributed by atoms with Crippen LogP contribution in [0.3, 0.4) is 0 Å². The van der Waals surface area contributed by atoms with Crippen LogP contribution < -0.4 is 10.6 Å². The first-order chi connectivity index (χ1) is 11.1. The van der Waals surface area contributed by atoms with Gasteiger partial charge in [-0.1, -0.05) is 23.2 Å². The molecule has 1 aromatic carbocycles. The fourth-order valence-electron chi connectivity index (χ4n) is 1.85. The lowest BCUT2D eigenvalue weighted by Gasteiger charge is -2.08. The average Bonchev–Trinajstić information content (AvgIpc) is 2.55. The largest absolute Gasteiger partial charge is 0.385 e. The Morgan fingerprint density at radius 1 is 1.17 bits per heavy atom. The van der Waals surface area contributed by atoms with Crippen molar-refractivity contribution in [3.63, 3.8) is 0 Å². The van der Waals surface area contributed by atoms with Crippen LogP contribution in [-0.2, 0) is 4.74 Å². The molecule has 122 valence electrons. The molecule has 0 radical (unpaired) electrons. The molecule has 0 aliphatic rings. The van der Waals surface area contributed by atoms with E-state index >= 15 is 0 Å². The van der Waals surface area contributed by atoms with Gasteiger partial charge in [0.1, 0.15) is 5.69 Å². The molecule has 7 heteroatoms. The van der Waals surface area contributed by atoms with Crippen molar-refractivity contribution in [3.8, 4) is 0 Å². The van der Waals surface area contributed by atoms with Crippen LogP contribution in [0.15, 0.2) is 36.5 Å². The number of halogens is 2. The monoisotopic (exact) mass is 353 g/mol. The fourth-order valence-corrected chi connectivity index (χ4v) is 2.15. The van der Waals surface area contributed by atoms with Crippen molar-refractivity contribution in [1.82, 2.24) is 10.3 Å². The van der Waals surface area contributed by atoms with Gasteiger partial charge in [0.2, 0.25) is 0 Å². The van der Waals surface area contributed by atoms with Crippen molar-refractivity contribution in [2.75, 3.05) is 25.6 Å². The smallest absolute Gasteiger partial charge is 0.269 e. The predicted octanol–water partition coefficient (Wildman–Crippen LogP) is 3.90. The van der Waals surface area contributed by atoms with E-state index in [2.05, 4.69) is 15.6 Å². The molecule has 5 nitrogen and oxygen atoms in total. The summed E-state index contributed by atoms with van der Waals surface area (Å²) in [4.78, 5) is 16.0. The third-order valence-electron chi connectivity index (χ3n) is 3.02. The summed E-state index contributed by atoms with van der Waals surface area (Å²) in [5, 5.41) is 6.89. The number of aromatic nitrogens is 1. The zero-order chi connectivity index (χ0) is 16.7. The van der Waals surface area contributed by atoms with E-state index in [4.69, 9.17) is 27.9 Å². The van der Waals surface area contributed by atoms with Gasteiger partial charge in [-0.2, -0.15) is 0 Å². The number of pyridine rings is 1. The molecule has 0 aliphatic heterocycles. The maximum Gasteiger partial charge on any atom is 0.269 e. The van der Waals surface area contributed by atoms with Gasteiger partial charge in [-0.15, -0.1) is 0 Å². The van der Waals surface area contributed by atoms with E-state index in [9.17, 15) is 4.79 Å². The number of rotatable bonds is 7. The number of carbonyl (C=O) groups is 1. The first-order valence-corrected chi connectivity index (χ1v) is 7.81. The van der Waals surface area contributed by atoms with Crippen molar-refractivity contribution < 1.29 is 9.53 Å². The first kappa shape index (κ1) is 17.5. The number of benzene rings is 1. The van der Waals surface area contributed by atoms with Crippen molar-refractivity contribution in [2.45, 2.75) is 6.42 Å². The molecular formula is C16H17Cl2N3O2. The zero-order valence-electron chi connectivity index (χ0n) is 12.6. The van der Waals surface area contributed by atoms with E-state index in [1.54, 1.807) is 37.6 Å². The number of carbonyl (C=O) groups excluding carboxylic acids is 1. The summed E-state index contributed by atoms with van der Waals surface area (Å²) in [6.07, 6.45) is 2.35. The zero-order valence-corrected chi connectivity index (χ0v) is 14.1. The van der Waals surface area contributed by atoms with Gasteiger partial charge in [-0.3, -0.25) is 4.79 Å². The maximum atomic E-state index is 11.9. The lowest BCUT2D eigenvalue weighted by atomic mass is 10.2. The minimum absolute atomic E-state index is 0.206. The summed E-state index contributed by atoms with van der Waals surface area (Å²) in [6.45, 7) is 1.16. The molecule has 1 heterocycles. The highest BCUT2D eigenvalue weighted by Crippen LogP contribution is 2.26. The van der Waals surface area contributed by atoms with Gasteiger partial charge in [-0.05, 0) is 36.8 Å². The van der Waals surface area contributed by atoms with Crippen LogP contribution in [0.5, 0.6) is 0 Å². The van der Waals surface area contributed by atoms with Crippen molar-refractivity contribution in [1.29, 1.82) is 0 Å². The number of ether oxygens (including phenoxy) is 1. The molecule has 0 atom stereocenters. The molecule has 0 saturated heterocycles. The number of hydrogen-bond donors (Lipinski definition) is 2. The second kappa shape index (κ2) is 8.72. The minimum atomic E-state index is -0.206. The molecule has 0 saturated carbocycles. The van der Waals surface area contributed by atoms with Crippen molar-refractivity contribution >= 4 is 40.5 Å². The Hall–Kier alpha value is -1.82. The SMILES string of the molecule is COCCCNC(=O)c1ccc(Nc2ccc(Cl)c(Cl)c2)cn1. The maximum absolute atomic E-state index is 11.9. The molecule has 2 aromatic rings. The van der Waals surface area contributed by atoms with Crippen LogP contribution in [0.1, 0.15) is 16.9 Å². The third-order valence-corrected chi connectivity index (χ3v) is 3.75. The van der Waals surface area contributed by atoms with Gasteiger partial charge in [0.15, 0.2) is 0 Å². The normalized spacial score (nSPS) is 10.4. The lowest BCUT2D eigenvalue weighted by Crippen LogP contribution is -2.26. The van der Waals surface area contributed by atoms with Crippen LogP contribution in [-0.4, -0.2) is 31.2 Å². The second-order valence-electron chi connectivity index (χ2n) is 4.79. The highest BCUT2D eigenvalue weighted by molar-refractivity contribution is 6.42. The van der Waals surface area contributed by atoms with E-state index in [-0.39, 0.29) is 5.91 Å². The van der Waals surface area contributed by atoms with Crippen LogP contribution in [0.2, 0.25) is 10.0 Å². The number of nitrogens with one attached hydrogen (secondary N) is 2. The Morgan fingerprint density at radius 2 is 1.96 bits per heavy atom. The topological polar surface area (TPSA) is 63.2 Å². The van der Waals surface area contributed by atoms with Crippen LogP contribution >= 0.6 is 23.2 Å². The molecule has 0 aliphatic carbocycles. The number of anilines is 2. The number of amides is 1. The molecule has 1 aromatic heterocycles. The lowest BCUT2D eigenvalue weighted by molar-refractivity contribution is 0.0943. The number of nitrogens with zero attached hydrogens (tertiary/aromatic N) is 1. The van der Waals surface area contributed by atoms with Gasteiger partial charge in [0, 0.05) is 25.9 Å². The van der Waals surface area contributed by atoms with Gasteiger partial charge >= 0.3 is 0 Å². The molecule has 23 heavy (non-hydrogen) atoms. The Kier molecular flexibility index (Phi) is 6.65. The molecule has 0 unspecified atom stereocenters. The summed E-state index contributed by atoms with van der Waals surface area (Å²) in [6, 6.07) is 8.68. The molecule has 2 N–H and O–H groups in total. The average molecular weight is 354 g/mol. The van der Waals surface area contributed by atoms with Gasteiger partial charge in [0.05, 0.1) is 21.9 Å². The molecule has 1 amide bonds. The van der Waals surface area contributed by atoms with Gasteiger partial charge in [0.25, 0.3) is 5.91 Å². The van der Waals surface area contributed by atoms with Crippen LogP contribution in [0.25, 0.3) is 0 Å². The summed E-state index contributed by atoms with van der Waals surface area (Å²) in [7, 11) is 1.63. The van der Waals surface area contributed by atoms with E-state index in [0.29, 0.717) is 28.9 Å². The fraction of sp³-hybridized carbons (Fsp3) is 0.250. The Labute approximate surface area is 145 Å². The Morgan fingerprint density at radius 3 is 2.61 bits per heavy atom. The van der Waals surface area contributed by atoms with Crippen LogP contribution in [0.4, 0.5) is 11.4 Å². The van der Waals surface area contributed by atoms with E-state index in [0.717, 1.165) is 17.8 Å². The molecule has 0 fully saturated rings. The van der Waals surface area contributed by atoms with E-state index < -0.39 is 0 Å². The third kappa shape index (κ3) is 5.39. The molecule has 0 bridgehead atoms. The number of hydrogen-bond acceptors (Lipinski definition) is 4. The minimum Gasteiger partial charge on any atom is -0.385 e. The molecule has 2 rings (SSSR count). The van der Waals surface area contributed by atoms with Crippen molar-refractivity contribution in [3.05, 3.63) is 52.3 Å². The molecule has 0 spiro atoms. The van der Waals surface area contributed by atoms with E-state index in [1.165, 1.54) is 0 Å². The van der Waals surface area contributed by atoms with E-state index in [1.807, 2.05) is 6.07 Å².